The number of hydrogen-bond donors (Lipinski definition) is 2. The van der Waals surface area contributed by atoms with Crippen LogP contribution in [0.25, 0.3) is 6.08 Å². The lowest BCUT2D eigenvalue weighted by atomic mass is 10.0. The summed E-state index contributed by atoms with van der Waals surface area (Å²) in [7, 11) is 0. The van der Waals surface area contributed by atoms with E-state index in [1.54, 1.807) is 12.1 Å². The Balaban J connectivity index is 2.97. The fourth-order valence-corrected chi connectivity index (χ4v) is 1.56. The molecular weight excluding hydrogens is 242 g/mol. The summed E-state index contributed by atoms with van der Waals surface area (Å²) in [5, 5.41) is 11.5. The van der Waals surface area contributed by atoms with Gasteiger partial charge >= 0.3 is 5.97 Å². The quantitative estimate of drug-likeness (QED) is 0.801. The van der Waals surface area contributed by atoms with E-state index in [-0.39, 0.29) is 11.9 Å². The second-order valence-electron chi connectivity index (χ2n) is 4.53. The van der Waals surface area contributed by atoms with Crippen molar-refractivity contribution in [3.63, 3.8) is 0 Å². The average Bonchev–Trinajstić information content (AvgIpc) is 2.37. The van der Waals surface area contributed by atoms with E-state index in [0.717, 1.165) is 18.1 Å². The number of hydrogen-bond acceptors (Lipinski definition) is 2. The molecule has 0 saturated carbocycles. The number of aliphatic carboxylic acids is 1. The van der Waals surface area contributed by atoms with Gasteiger partial charge in [-0.15, -0.1) is 0 Å². The zero-order chi connectivity index (χ0) is 14.4. The maximum absolute atomic E-state index is 12.1. The van der Waals surface area contributed by atoms with E-state index < -0.39 is 5.97 Å². The Bertz CT molecular complexity index is 506. The fraction of sp³-hybridized carbons (Fsp3) is 0.333. The van der Waals surface area contributed by atoms with Crippen LogP contribution in [0.15, 0.2) is 24.3 Å². The van der Waals surface area contributed by atoms with Gasteiger partial charge in [-0.25, -0.2) is 4.79 Å². The maximum atomic E-state index is 12.1. The van der Waals surface area contributed by atoms with Crippen molar-refractivity contribution in [1.82, 2.24) is 5.32 Å². The lowest BCUT2D eigenvalue weighted by Gasteiger charge is -2.13. The van der Waals surface area contributed by atoms with Crippen molar-refractivity contribution in [1.29, 1.82) is 0 Å². The summed E-state index contributed by atoms with van der Waals surface area (Å²) in [5.74, 6) is -1.14. The van der Waals surface area contributed by atoms with Gasteiger partial charge in [-0.1, -0.05) is 19.1 Å². The molecule has 0 radical (unpaired) electrons. The molecule has 4 nitrogen and oxygen atoms in total. The number of aryl methyl sites for hydroxylation is 1. The third-order valence-corrected chi connectivity index (χ3v) is 2.91. The SMILES string of the molecule is CCC(C)NC(=O)c1cc(C=CC(=O)O)ccc1C. The molecule has 0 aliphatic carbocycles. The minimum Gasteiger partial charge on any atom is -0.478 e. The van der Waals surface area contributed by atoms with E-state index in [9.17, 15) is 9.59 Å². The van der Waals surface area contributed by atoms with Crippen molar-refractivity contribution in [3.8, 4) is 0 Å². The van der Waals surface area contributed by atoms with Crippen LogP contribution in [0.5, 0.6) is 0 Å². The normalized spacial score (nSPS) is 12.4. The van der Waals surface area contributed by atoms with Crippen molar-refractivity contribution in [2.75, 3.05) is 0 Å². The molecule has 0 fully saturated rings. The van der Waals surface area contributed by atoms with Gasteiger partial charge in [0.05, 0.1) is 0 Å². The Kier molecular flexibility index (Phi) is 5.30. The molecule has 1 aromatic rings. The molecule has 0 heterocycles. The molecule has 0 aliphatic heterocycles. The summed E-state index contributed by atoms with van der Waals surface area (Å²) in [6.07, 6.45) is 3.40. The van der Waals surface area contributed by atoms with Gasteiger partial charge in [0.1, 0.15) is 0 Å². The Labute approximate surface area is 113 Å². The molecule has 1 aromatic carbocycles. The highest BCUT2D eigenvalue weighted by Crippen LogP contribution is 2.13. The molecule has 1 atom stereocenters. The van der Waals surface area contributed by atoms with Gasteiger partial charge in [0.15, 0.2) is 0 Å². The van der Waals surface area contributed by atoms with E-state index in [1.165, 1.54) is 6.08 Å². The Morgan fingerprint density at radius 2 is 2.11 bits per heavy atom. The first-order chi connectivity index (χ1) is 8.93. The molecule has 1 rings (SSSR count). The van der Waals surface area contributed by atoms with E-state index >= 15 is 0 Å². The standard InChI is InChI=1S/C15H19NO3/c1-4-11(3)16-15(19)13-9-12(6-5-10(13)2)7-8-14(17)18/h5-9,11H,4H2,1-3H3,(H,16,19)(H,17,18). The lowest BCUT2D eigenvalue weighted by molar-refractivity contribution is -0.131. The van der Waals surface area contributed by atoms with Crippen LogP contribution in [0, 0.1) is 6.92 Å². The molecule has 0 aromatic heterocycles. The van der Waals surface area contributed by atoms with E-state index in [0.29, 0.717) is 11.1 Å². The van der Waals surface area contributed by atoms with Crippen molar-refractivity contribution in [3.05, 3.63) is 41.0 Å². The molecule has 1 unspecified atom stereocenters. The first kappa shape index (κ1) is 15.0. The molecule has 102 valence electrons. The zero-order valence-corrected chi connectivity index (χ0v) is 11.4. The number of rotatable bonds is 5. The number of benzene rings is 1. The number of amides is 1. The fourth-order valence-electron chi connectivity index (χ4n) is 1.56. The number of carboxylic acid groups (broad SMARTS) is 1. The molecule has 19 heavy (non-hydrogen) atoms. The van der Waals surface area contributed by atoms with Crippen LogP contribution in [0.4, 0.5) is 0 Å². The van der Waals surface area contributed by atoms with Crippen LogP contribution in [0.3, 0.4) is 0 Å². The highest BCUT2D eigenvalue weighted by Gasteiger charge is 2.11. The van der Waals surface area contributed by atoms with Gasteiger partial charge in [0.2, 0.25) is 0 Å². The monoisotopic (exact) mass is 261 g/mol. The van der Waals surface area contributed by atoms with Gasteiger partial charge < -0.3 is 10.4 Å². The molecular formula is C15H19NO3. The minimum absolute atomic E-state index is 0.116. The first-order valence-electron chi connectivity index (χ1n) is 6.26. The van der Waals surface area contributed by atoms with Gasteiger partial charge in [0, 0.05) is 17.7 Å². The minimum atomic E-state index is -1.01. The van der Waals surface area contributed by atoms with E-state index in [2.05, 4.69) is 5.32 Å². The van der Waals surface area contributed by atoms with Crippen LogP contribution in [0.2, 0.25) is 0 Å². The molecule has 1 amide bonds. The van der Waals surface area contributed by atoms with Crippen LogP contribution in [-0.4, -0.2) is 23.0 Å². The predicted molar refractivity (Wildman–Crippen MR) is 75.1 cm³/mol. The van der Waals surface area contributed by atoms with Gasteiger partial charge in [-0.05, 0) is 43.5 Å². The lowest BCUT2D eigenvalue weighted by Crippen LogP contribution is -2.32. The zero-order valence-electron chi connectivity index (χ0n) is 11.4. The summed E-state index contributed by atoms with van der Waals surface area (Å²) in [6.45, 7) is 5.81. The second-order valence-corrected chi connectivity index (χ2v) is 4.53. The summed E-state index contributed by atoms with van der Waals surface area (Å²) in [6, 6.07) is 5.42. The van der Waals surface area contributed by atoms with E-state index in [1.807, 2.05) is 26.8 Å². The first-order valence-corrected chi connectivity index (χ1v) is 6.26. The second kappa shape index (κ2) is 6.73. The van der Waals surface area contributed by atoms with Crippen LogP contribution in [0.1, 0.15) is 41.8 Å². The number of carbonyl (C=O) groups is 2. The van der Waals surface area contributed by atoms with Gasteiger partial charge in [-0.3, -0.25) is 4.79 Å². The Morgan fingerprint density at radius 3 is 2.68 bits per heavy atom. The summed E-state index contributed by atoms with van der Waals surface area (Å²) in [4.78, 5) is 22.6. The highest BCUT2D eigenvalue weighted by molar-refractivity contribution is 5.96. The van der Waals surface area contributed by atoms with E-state index in [4.69, 9.17) is 5.11 Å². The smallest absolute Gasteiger partial charge is 0.328 e. The number of nitrogens with one attached hydrogen (secondary N) is 1. The van der Waals surface area contributed by atoms with Crippen molar-refractivity contribution in [2.24, 2.45) is 0 Å². The molecule has 0 aliphatic rings. The highest BCUT2D eigenvalue weighted by atomic mass is 16.4. The van der Waals surface area contributed by atoms with Gasteiger partial charge in [0.25, 0.3) is 5.91 Å². The topological polar surface area (TPSA) is 66.4 Å². The maximum Gasteiger partial charge on any atom is 0.328 e. The molecule has 2 N–H and O–H groups in total. The summed E-state index contributed by atoms with van der Waals surface area (Å²) in [5.41, 5.74) is 2.14. The third kappa shape index (κ3) is 4.58. The summed E-state index contributed by atoms with van der Waals surface area (Å²) < 4.78 is 0. The molecule has 0 bridgehead atoms. The van der Waals surface area contributed by atoms with Gasteiger partial charge in [-0.2, -0.15) is 0 Å². The summed E-state index contributed by atoms with van der Waals surface area (Å²) >= 11 is 0. The van der Waals surface area contributed by atoms with Crippen molar-refractivity contribution in [2.45, 2.75) is 33.2 Å². The largest absolute Gasteiger partial charge is 0.478 e. The number of carbonyl (C=O) groups excluding carboxylic acids is 1. The molecule has 0 saturated heterocycles. The van der Waals surface area contributed by atoms with Crippen LogP contribution >= 0.6 is 0 Å². The molecule has 0 spiro atoms. The van der Waals surface area contributed by atoms with Crippen LogP contribution < -0.4 is 5.32 Å². The Hall–Kier alpha value is -2.10. The third-order valence-electron chi connectivity index (χ3n) is 2.91. The van der Waals surface area contributed by atoms with Crippen molar-refractivity contribution < 1.29 is 14.7 Å². The van der Waals surface area contributed by atoms with Crippen LogP contribution in [-0.2, 0) is 4.79 Å². The number of carboxylic acids is 1. The van der Waals surface area contributed by atoms with Crippen molar-refractivity contribution >= 4 is 18.0 Å². The Morgan fingerprint density at radius 1 is 1.42 bits per heavy atom. The predicted octanol–water partition coefficient (Wildman–Crippen LogP) is 2.62. The molecule has 4 heteroatoms. The average molecular weight is 261 g/mol.